The summed E-state index contributed by atoms with van der Waals surface area (Å²) < 4.78 is 2.46. The van der Waals surface area contributed by atoms with Gasteiger partial charge in [-0.05, 0) is 37.3 Å². The minimum Gasteiger partial charge on any atom is -0.288 e. The molecule has 0 unspecified atom stereocenters. The number of hydrogen-bond acceptors (Lipinski definition) is 2. The van der Waals surface area contributed by atoms with E-state index in [1.54, 1.807) is 12.1 Å². The standard InChI is InChI=1S/C15H9Cl3N2S/c1-8-19-14-12(6-10(17)7-13(14)18)15(21)20(8)11-4-2-3-9(16)5-11/h2-7H,1H3. The van der Waals surface area contributed by atoms with E-state index in [1.165, 1.54) is 0 Å². The van der Waals surface area contributed by atoms with E-state index in [2.05, 4.69) is 4.98 Å². The van der Waals surface area contributed by atoms with Crippen LogP contribution >= 0.6 is 47.0 Å². The van der Waals surface area contributed by atoms with Gasteiger partial charge in [-0.15, -0.1) is 0 Å². The molecule has 6 heteroatoms. The first-order valence-electron chi connectivity index (χ1n) is 6.12. The Morgan fingerprint density at radius 3 is 2.52 bits per heavy atom. The normalized spacial score (nSPS) is 11.0. The first kappa shape index (κ1) is 14.8. The Bertz CT molecular complexity index is 919. The molecule has 1 aromatic heterocycles. The lowest BCUT2D eigenvalue weighted by Gasteiger charge is -2.13. The number of nitrogens with zero attached hydrogens (tertiary/aromatic N) is 2. The zero-order valence-electron chi connectivity index (χ0n) is 10.9. The Labute approximate surface area is 141 Å². The van der Waals surface area contributed by atoms with Crippen LogP contribution in [-0.4, -0.2) is 9.55 Å². The van der Waals surface area contributed by atoms with Crippen molar-refractivity contribution in [3.63, 3.8) is 0 Å². The van der Waals surface area contributed by atoms with Crippen LogP contribution < -0.4 is 0 Å². The van der Waals surface area contributed by atoms with Gasteiger partial charge in [0.05, 0.1) is 10.5 Å². The Kier molecular flexibility index (Phi) is 3.93. The molecule has 0 radical (unpaired) electrons. The van der Waals surface area contributed by atoms with Crippen molar-refractivity contribution in [1.82, 2.24) is 9.55 Å². The third kappa shape index (κ3) is 2.67. The highest BCUT2D eigenvalue weighted by Gasteiger charge is 2.11. The summed E-state index contributed by atoms with van der Waals surface area (Å²) in [5, 5.41) is 2.40. The van der Waals surface area contributed by atoms with Gasteiger partial charge in [0.1, 0.15) is 10.5 Å². The van der Waals surface area contributed by atoms with Crippen LogP contribution in [0.5, 0.6) is 0 Å². The van der Waals surface area contributed by atoms with E-state index in [4.69, 9.17) is 47.0 Å². The molecule has 0 aliphatic rings. The number of aromatic nitrogens is 2. The van der Waals surface area contributed by atoms with E-state index in [0.717, 1.165) is 16.9 Å². The third-order valence-corrected chi connectivity index (χ3v) is 4.27. The Hall–Kier alpha value is -1.13. The van der Waals surface area contributed by atoms with Crippen LogP contribution in [-0.2, 0) is 0 Å². The van der Waals surface area contributed by atoms with E-state index in [9.17, 15) is 0 Å². The molecular formula is C15H9Cl3N2S. The highest BCUT2D eigenvalue weighted by atomic mass is 35.5. The van der Waals surface area contributed by atoms with Crippen molar-refractivity contribution >= 4 is 57.9 Å². The monoisotopic (exact) mass is 354 g/mol. The van der Waals surface area contributed by atoms with Gasteiger partial charge in [0.15, 0.2) is 0 Å². The largest absolute Gasteiger partial charge is 0.288 e. The summed E-state index contributed by atoms with van der Waals surface area (Å²) in [5.41, 5.74) is 1.51. The average molecular weight is 356 g/mol. The van der Waals surface area contributed by atoms with Crippen molar-refractivity contribution in [2.45, 2.75) is 6.92 Å². The molecule has 0 amide bonds. The molecule has 3 aromatic rings. The van der Waals surface area contributed by atoms with Crippen molar-refractivity contribution < 1.29 is 0 Å². The zero-order valence-corrected chi connectivity index (χ0v) is 14.0. The Morgan fingerprint density at radius 2 is 1.81 bits per heavy atom. The predicted octanol–water partition coefficient (Wildman–Crippen LogP) is 6.02. The zero-order chi connectivity index (χ0) is 15.1. The Balaban J connectivity index is 2.42. The number of fused-ring (bicyclic) bond motifs is 1. The van der Waals surface area contributed by atoms with Gasteiger partial charge in [0, 0.05) is 21.1 Å². The van der Waals surface area contributed by atoms with Gasteiger partial charge >= 0.3 is 0 Å². The molecule has 3 rings (SSSR count). The molecule has 0 spiro atoms. The quantitative estimate of drug-likeness (QED) is 0.496. The molecule has 2 aromatic carbocycles. The highest BCUT2D eigenvalue weighted by Crippen LogP contribution is 2.29. The van der Waals surface area contributed by atoms with Crippen LogP contribution in [0, 0.1) is 11.6 Å². The van der Waals surface area contributed by atoms with Crippen molar-refractivity contribution in [2.24, 2.45) is 0 Å². The van der Waals surface area contributed by atoms with Crippen LogP contribution in [0.3, 0.4) is 0 Å². The predicted molar refractivity (Wildman–Crippen MR) is 91.7 cm³/mol. The lowest BCUT2D eigenvalue weighted by Crippen LogP contribution is -2.05. The van der Waals surface area contributed by atoms with Crippen LogP contribution in [0.1, 0.15) is 5.82 Å². The summed E-state index contributed by atoms with van der Waals surface area (Å²) in [7, 11) is 0. The molecule has 106 valence electrons. The van der Waals surface area contributed by atoms with Gasteiger partial charge in [-0.3, -0.25) is 4.57 Å². The maximum absolute atomic E-state index is 6.21. The fourth-order valence-electron chi connectivity index (χ4n) is 2.24. The van der Waals surface area contributed by atoms with Gasteiger partial charge in [0.25, 0.3) is 0 Å². The van der Waals surface area contributed by atoms with Gasteiger partial charge in [-0.1, -0.05) is 53.1 Å². The van der Waals surface area contributed by atoms with Gasteiger partial charge in [-0.25, -0.2) is 4.98 Å². The average Bonchev–Trinajstić information content (AvgIpc) is 2.40. The minimum atomic E-state index is 0.491. The van der Waals surface area contributed by atoms with Crippen molar-refractivity contribution in [1.29, 1.82) is 0 Å². The van der Waals surface area contributed by atoms with Gasteiger partial charge in [-0.2, -0.15) is 0 Å². The number of halogens is 3. The van der Waals surface area contributed by atoms with E-state index < -0.39 is 0 Å². The number of aryl methyl sites for hydroxylation is 1. The van der Waals surface area contributed by atoms with Crippen LogP contribution in [0.15, 0.2) is 36.4 Å². The lowest BCUT2D eigenvalue weighted by atomic mass is 10.2. The molecular weight excluding hydrogens is 347 g/mol. The molecule has 0 aliphatic heterocycles. The summed E-state index contributed by atoms with van der Waals surface area (Å²) in [6.45, 7) is 1.88. The number of rotatable bonds is 1. The topological polar surface area (TPSA) is 17.8 Å². The van der Waals surface area contributed by atoms with Crippen LogP contribution in [0.2, 0.25) is 15.1 Å². The van der Waals surface area contributed by atoms with Crippen molar-refractivity contribution in [3.8, 4) is 5.69 Å². The summed E-state index contributed by atoms with van der Waals surface area (Å²) in [6, 6.07) is 10.9. The number of benzene rings is 2. The maximum Gasteiger partial charge on any atom is 0.121 e. The molecule has 0 saturated heterocycles. The Morgan fingerprint density at radius 1 is 1.05 bits per heavy atom. The molecule has 1 heterocycles. The summed E-state index contributed by atoms with van der Waals surface area (Å²) in [6.07, 6.45) is 0. The van der Waals surface area contributed by atoms with E-state index in [1.807, 2.05) is 35.8 Å². The summed E-state index contributed by atoms with van der Waals surface area (Å²) >= 11 is 23.9. The van der Waals surface area contributed by atoms with E-state index in [0.29, 0.717) is 25.2 Å². The first-order chi connectivity index (χ1) is 9.97. The minimum absolute atomic E-state index is 0.491. The fourth-order valence-corrected chi connectivity index (χ4v) is 3.35. The second-order valence-electron chi connectivity index (χ2n) is 4.56. The van der Waals surface area contributed by atoms with E-state index >= 15 is 0 Å². The van der Waals surface area contributed by atoms with Crippen LogP contribution in [0.25, 0.3) is 16.6 Å². The fraction of sp³-hybridized carbons (Fsp3) is 0.0667. The summed E-state index contributed by atoms with van der Waals surface area (Å²) in [5.74, 6) is 0.735. The molecule has 0 aliphatic carbocycles. The summed E-state index contributed by atoms with van der Waals surface area (Å²) in [4.78, 5) is 4.55. The van der Waals surface area contributed by atoms with E-state index in [-0.39, 0.29) is 0 Å². The lowest BCUT2D eigenvalue weighted by molar-refractivity contribution is 0.917. The smallest absolute Gasteiger partial charge is 0.121 e. The van der Waals surface area contributed by atoms with Gasteiger partial charge in [0.2, 0.25) is 0 Å². The molecule has 21 heavy (non-hydrogen) atoms. The highest BCUT2D eigenvalue weighted by molar-refractivity contribution is 7.71. The molecule has 0 bridgehead atoms. The van der Waals surface area contributed by atoms with Crippen molar-refractivity contribution in [3.05, 3.63) is 61.9 Å². The second kappa shape index (κ2) is 5.58. The first-order valence-corrected chi connectivity index (χ1v) is 7.66. The molecule has 0 N–H and O–H groups in total. The van der Waals surface area contributed by atoms with Gasteiger partial charge < -0.3 is 0 Å². The molecule has 0 fully saturated rings. The SMILES string of the molecule is Cc1nc2c(Cl)cc(Cl)cc2c(=S)n1-c1cccc(Cl)c1. The molecule has 2 nitrogen and oxygen atoms in total. The molecule has 0 saturated carbocycles. The van der Waals surface area contributed by atoms with Crippen molar-refractivity contribution in [2.75, 3.05) is 0 Å². The second-order valence-corrected chi connectivity index (χ2v) is 6.23. The van der Waals surface area contributed by atoms with Crippen LogP contribution in [0.4, 0.5) is 0 Å². The molecule has 0 atom stereocenters. The number of hydrogen-bond donors (Lipinski definition) is 0. The third-order valence-electron chi connectivity index (χ3n) is 3.13. The maximum atomic E-state index is 6.21.